The molecule has 0 saturated carbocycles. The molecular weight excluding hydrogens is 224 g/mol. The molecule has 0 spiro atoms. The SMILES string of the molecule is CCCC(C(=O)O)C1CCSSS1. The van der Waals surface area contributed by atoms with Crippen molar-refractivity contribution in [3.8, 4) is 0 Å². The van der Waals surface area contributed by atoms with Gasteiger partial charge in [-0.15, -0.1) is 0 Å². The Morgan fingerprint density at radius 2 is 2.46 bits per heavy atom. The van der Waals surface area contributed by atoms with Gasteiger partial charge in [-0.1, -0.05) is 34.9 Å². The maximum absolute atomic E-state index is 11.0. The van der Waals surface area contributed by atoms with Crippen LogP contribution in [-0.2, 0) is 4.79 Å². The molecule has 1 fully saturated rings. The highest BCUT2D eigenvalue weighted by Crippen LogP contribution is 2.47. The highest BCUT2D eigenvalue weighted by atomic mass is 33.5. The molecular formula is C8H14O2S3. The summed E-state index contributed by atoms with van der Waals surface area (Å²) in [5.41, 5.74) is 0. The second-order valence-corrected chi connectivity index (χ2v) is 7.54. The first kappa shape index (κ1) is 11.6. The Labute approximate surface area is 90.4 Å². The Kier molecular flexibility index (Phi) is 5.43. The quantitative estimate of drug-likeness (QED) is 0.761. The highest BCUT2D eigenvalue weighted by Gasteiger charge is 2.29. The molecule has 2 atom stereocenters. The smallest absolute Gasteiger partial charge is 0.307 e. The lowest BCUT2D eigenvalue weighted by Gasteiger charge is -2.25. The summed E-state index contributed by atoms with van der Waals surface area (Å²) < 4.78 is 0. The van der Waals surface area contributed by atoms with E-state index in [1.54, 1.807) is 20.6 Å². The Bertz CT molecular complexity index is 169. The van der Waals surface area contributed by atoms with Crippen molar-refractivity contribution in [1.82, 2.24) is 0 Å². The van der Waals surface area contributed by atoms with Gasteiger partial charge in [0, 0.05) is 11.0 Å². The van der Waals surface area contributed by atoms with Gasteiger partial charge in [-0.3, -0.25) is 4.79 Å². The Balaban J connectivity index is 2.46. The summed E-state index contributed by atoms with van der Waals surface area (Å²) in [5, 5.41) is 9.35. The second-order valence-electron chi connectivity index (χ2n) is 3.05. The monoisotopic (exact) mass is 238 g/mol. The largest absolute Gasteiger partial charge is 0.481 e. The minimum Gasteiger partial charge on any atom is -0.481 e. The summed E-state index contributed by atoms with van der Waals surface area (Å²) >= 11 is 0. The van der Waals surface area contributed by atoms with E-state index in [1.165, 1.54) is 0 Å². The second kappa shape index (κ2) is 6.09. The lowest BCUT2D eigenvalue weighted by Crippen LogP contribution is -2.26. The zero-order chi connectivity index (χ0) is 9.68. The van der Waals surface area contributed by atoms with Crippen molar-refractivity contribution in [3.05, 3.63) is 0 Å². The standard InChI is InChI=1S/C8H14O2S3/c1-2-3-6(8(9)10)7-4-5-11-13-12-7/h6-7H,2-5H2,1H3,(H,9,10). The van der Waals surface area contributed by atoms with Crippen LogP contribution in [0.25, 0.3) is 0 Å². The van der Waals surface area contributed by atoms with Gasteiger partial charge in [0.25, 0.3) is 0 Å². The van der Waals surface area contributed by atoms with Crippen LogP contribution in [0.4, 0.5) is 0 Å². The fourth-order valence-corrected chi connectivity index (χ4v) is 6.37. The molecule has 2 unspecified atom stereocenters. The average Bonchev–Trinajstić information content (AvgIpc) is 2.15. The zero-order valence-corrected chi connectivity index (χ0v) is 10.0. The van der Waals surface area contributed by atoms with Crippen LogP contribution in [0.5, 0.6) is 0 Å². The van der Waals surface area contributed by atoms with Gasteiger partial charge in [0.2, 0.25) is 0 Å². The lowest BCUT2D eigenvalue weighted by atomic mass is 9.98. The molecule has 0 aromatic rings. The molecule has 1 heterocycles. The van der Waals surface area contributed by atoms with E-state index < -0.39 is 5.97 Å². The van der Waals surface area contributed by atoms with E-state index >= 15 is 0 Å². The maximum atomic E-state index is 11.0. The molecule has 0 amide bonds. The van der Waals surface area contributed by atoms with E-state index in [4.69, 9.17) is 5.11 Å². The first-order chi connectivity index (χ1) is 6.25. The number of carboxylic acid groups (broad SMARTS) is 1. The Hall–Kier alpha value is 0.520. The maximum Gasteiger partial charge on any atom is 0.307 e. The van der Waals surface area contributed by atoms with Gasteiger partial charge < -0.3 is 5.11 Å². The van der Waals surface area contributed by atoms with E-state index in [0.29, 0.717) is 5.25 Å². The number of aliphatic carboxylic acids is 1. The summed E-state index contributed by atoms with van der Waals surface area (Å²) in [4.78, 5) is 11.0. The minimum atomic E-state index is -0.619. The lowest BCUT2D eigenvalue weighted by molar-refractivity contribution is -0.141. The van der Waals surface area contributed by atoms with Crippen molar-refractivity contribution in [2.75, 3.05) is 5.75 Å². The number of carboxylic acids is 1. The molecule has 0 radical (unpaired) electrons. The summed E-state index contributed by atoms with van der Waals surface area (Å²) in [7, 11) is 5.32. The third kappa shape index (κ3) is 3.64. The molecule has 0 aromatic heterocycles. The number of hydrogen-bond donors (Lipinski definition) is 1. The normalized spacial score (nSPS) is 25.5. The summed E-state index contributed by atoms with van der Waals surface area (Å²) in [6, 6.07) is 0. The average molecular weight is 238 g/mol. The van der Waals surface area contributed by atoms with Gasteiger partial charge in [-0.05, 0) is 22.7 Å². The fourth-order valence-electron chi connectivity index (χ4n) is 1.37. The van der Waals surface area contributed by atoms with Crippen LogP contribution < -0.4 is 0 Å². The van der Waals surface area contributed by atoms with Crippen LogP contribution >= 0.6 is 31.4 Å². The van der Waals surface area contributed by atoms with Crippen molar-refractivity contribution in [3.63, 3.8) is 0 Å². The zero-order valence-electron chi connectivity index (χ0n) is 7.56. The van der Waals surface area contributed by atoms with Crippen molar-refractivity contribution in [1.29, 1.82) is 0 Å². The third-order valence-electron chi connectivity index (χ3n) is 2.06. The number of carbonyl (C=O) groups is 1. The molecule has 1 aliphatic heterocycles. The Morgan fingerprint density at radius 1 is 1.69 bits per heavy atom. The van der Waals surface area contributed by atoms with Gasteiger partial charge in [0.15, 0.2) is 0 Å². The molecule has 5 heteroatoms. The summed E-state index contributed by atoms with van der Waals surface area (Å²) in [5.74, 6) is 0.339. The first-order valence-corrected chi connectivity index (χ1v) is 8.15. The van der Waals surface area contributed by atoms with Crippen LogP contribution in [-0.4, -0.2) is 22.1 Å². The number of hydrogen-bond acceptors (Lipinski definition) is 4. The molecule has 1 aliphatic rings. The van der Waals surface area contributed by atoms with Crippen LogP contribution in [0.2, 0.25) is 0 Å². The van der Waals surface area contributed by atoms with Crippen molar-refractivity contribution in [2.45, 2.75) is 31.4 Å². The molecule has 0 aromatic carbocycles. The van der Waals surface area contributed by atoms with Gasteiger partial charge >= 0.3 is 5.97 Å². The molecule has 0 bridgehead atoms. The van der Waals surface area contributed by atoms with Crippen LogP contribution in [0.15, 0.2) is 0 Å². The van der Waals surface area contributed by atoms with E-state index in [2.05, 4.69) is 0 Å². The summed E-state index contributed by atoms with van der Waals surface area (Å²) in [6.45, 7) is 2.05. The third-order valence-corrected chi connectivity index (χ3v) is 6.79. The Morgan fingerprint density at radius 3 is 2.92 bits per heavy atom. The van der Waals surface area contributed by atoms with E-state index in [1.807, 2.05) is 17.7 Å². The minimum absolute atomic E-state index is 0.136. The molecule has 76 valence electrons. The van der Waals surface area contributed by atoms with Crippen molar-refractivity contribution < 1.29 is 9.90 Å². The molecule has 0 aliphatic carbocycles. The predicted octanol–water partition coefficient (Wildman–Crippen LogP) is 3.29. The van der Waals surface area contributed by atoms with Crippen molar-refractivity contribution >= 4 is 37.4 Å². The molecule has 1 saturated heterocycles. The molecule has 1 rings (SSSR count). The van der Waals surface area contributed by atoms with Crippen LogP contribution in [0.1, 0.15) is 26.2 Å². The topological polar surface area (TPSA) is 37.3 Å². The van der Waals surface area contributed by atoms with E-state index in [9.17, 15) is 4.79 Å². The van der Waals surface area contributed by atoms with Gasteiger partial charge in [0.05, 0.1) is 5.92 Å². The van der Waals surface area contributed by atoms with Crippen LogP contribution in [0.3, 0.4) is 0 Å². The highest BCUT2D eigenvalue weighted by molar-refractivity contribution is 9.09. The molecule has 13 heavy (non-hydrogen) atoms. The van der Waals surface area contributed by atoms with Gasteiger partial charge in [0.1, 0.15) is 0 Å². The van der Waals surface area contributed by atoms with Gasteiger partial charge in [-0.2, -0.15) is 0 Å². The molecule has 2 nitrogen and oxygen atoms in total. The predicted molar refractivity (Wildman–Crippen MR) is 62.1 cm³/mol. The fraction of sp³-hybridized carbons (Fsp3) is 0.875. The number of rotatable bonds is 4. The van der Waals surface area contributed by atoms with Crippen molar-refractivity contribution in [2.24, 2.45) is 5.92 Å². The van der Waals surface area contributed by atoms with E-state index in [0.717, 1.165) is 25.0 Å². The first-order valence-electron chi connectivity index (χ1n) is 4.43. The van der Waals surface area contributed by atoms with Gasteiger partial charge in [-0.25, -0.2) is 0 Å². The summed E-state index contributed by atoms with van der Waals surface area (Å²) in [6.07, 6.45) is 2.82. The molecule has 1 N–H and O–H groups in total. The van der Waals surface area contributed by atoms with E-state index in [-0.39, 0.29) is 5.92 Å². The van der Waals surface area contributed by atoms with Crippen LogP contribution in [0, 0.1) is 5.92 Å².